The molecule has 0 aromatic heterocycles. The first kappa shape index (κ1) is 21.9. The zero-order chi connectivity index (χ0) is 15.9. The first-order valence-corrected chi connectivity index (χ1v) is 9.46. The summed E-state index contributed by atoms with van der Waals surface area (Å²) in [7, 11) is -3.03. The lowest BCUT2D eigenvalue weighted by molar-refractivity contribution is 0.451. The highest BCUT2D eigenvalue weighted by Gasteiger charge is 2.27. The molecule has 0 radical (unpaired) electrons. The number of halogens is 1. The Kier molecular flexibility index (Phi) is 10.6. The van der Waals surface area contributed by atoms with Crippen LogP contribution in [0.1, 0.15) is 46.5 Å². The predicted octanol–water partition coefficient (Wildman–Crippen LogP) is 1.76. The minimum Gasteiger partial charge on any atom is -0.370 e. The summed E-state index contributed by atoms with van der Waals surface area (Å²) in [6.45, 7) is 7.98. The van der Waals surface area contributed by atoms with Gasteiger partial charge in [-0.15, -0.1) is 24.0 Å². The number of guanidine groups is 1. The standard InChI is InChI=1S/C14H30N4O2S.HI/c1-12(2)6-4-7-13(3)17-14(15)16-8-10-18-9-5-11-21(18,19)20;/h12-13H,4-11H2,1-3H3,(H3,15,16,17);1H. The second kappa shape index (κ2) is 10.6. The molecule has 1 aliphatic rings. The summed E-state index contributed by atoms with van der Waals surface area (Å²) in [6.07, 6.45) is 4.17. The van der Waals surface area contributed by atoms with E-state index >= 15 is 0 Å². The van der Waals surface area contributed by atoms with Gasteiger partial charge in [0.05, 0.1) is 12.3 Å². The molecule has 1 heterocycles. The highest BCUT2D eigenvalue weighted by atomic mass is 127. The third-order valence-electron chi connectivity index (χ3n) is 3.65. The van der Waals surface area contributed by atoms with Crippen molar-refractivity contribution in [3.05, 3.63) is 0 Å². The fourth-order valence-electron chi connectivity index (χ4n) is 2.43. The Balaban J connectivity index is 0.00000441. The van der Waals surface area contributed by atoms with E-state index in [2.05, 4.69) is 31.1 Å². The summed E-state index contributed by atoms with van der Waals surface area (Å²) >= 11 is 0. The lowest BCUT2D eigenvalue weighted by Gasteiger charge is -2.16. The maximum atomic E-state index is 11.6. The van der Waals surface area contributed by atoms with Crippen molar-refractivity contribution in [2.45, 2.75) is 52.5 Å². The molecule has 0 spiro atoms. The van der Waals surface area contributed by atoms with Crippen molar-refractivity contribution in [3.8, 4) is 0 Å². The van der Waals surface area contributed by atoms with Gasteiger partial charge in [0.25, 0.3) is 0 Å². The molecule has 8 heteroatoms. The van der Waals surface area contributed by atoms with Gasteiger partial charge in [-0.25, -0.2) is 12.7 Å². The zero-order valence-electron chi connectivity index (χ0n) is 13.9. The van der Waals surface area contributed by atoms with E-state index in [1.807, 2.05) is 0 Å². The van der Waals surface area contributed by atoms with Gasteiger partial charge in [-0.3, -0.25) is 4.99 Å². The summed E-state index contributed by atoms with van der Waals surface area (Å²) < 4.78 is 24.7. The normalized spacial score (nSPS) is 19.9. The molecule has 0 aromatic rings. The van der Waals surface area contributed by atoms with Gasteiger partial charge in [0.15, 0.2) is 5.96 Å². The van der Waals surface area contributed by atoms with Gasteiger partial charge in [0.2, 0.25) is 10.0 Å². The van der Waals surface area contributed by atoms with E-state index in [1.165, 1.54) is 17.1 Å². The van der Waals surface area contributed by atoms with Crippen LogP contribution in [0.5, 0.6) is 0 Å². The topological polar surface area (TPSA) is 87.8 Å². The predicted molar refractivity (Wildman–Crippen MR) is 103 cm³/mol. The van der Waals surface area contributed by atoms with Gasteiger partial charge >= 0.3 is 0 Å². The van der Waals surface area contributed by atoms with Crippen LogP contribution in [0, 0.1) is 5.92 Å². The Morgan fingerprint density at radius 2 is 2.00 bits per heavy atom. The second-order valence-corrected chi connectivity index (χ2v) is 8.29. The maximum Gasteiger partial charge on any atom is 0.214 e. The number of hydrogen-bond acceptors (Lipinski definition) is 3. The molecule has 1 fully saturated rings. The van der Waals surface area contributed by atoms with Gasteiger partial charge < -0.3 is 11.1 Å². The molecule has 1 aliphatic heterocycles. The molecule has 1 saturated heterocycles. The summed E-state index contributed by atoms with van der Waals surface area (Å²) in [5.74, 6) is 1.39. The van der Waals surface area contributed by atoms with Crippen LogP contribution in [-0.4, -0.2) is 50.1 Å². The first-order chi connectivity index (χ1) is 9.81. The highest BCUT2D eigenvalue weighted by molar-refractivity contribution is 14.0. The lowest BCUT2D eigenvalue weighted by Crippen LogP contribution is -2.39. The second-order valence-electron chi connectivity index (χ2n) is 6.21. The average Bonchev–Trinajstić information content (AvgIpc) is 2.68. The van der Waals surface area contributed by atoms with Crippen LogP contribution in [0.15, 0.2) is 4.99 Å². The van der Waals surface area contributed by atoms with Crippen LogP contribution in [0.25, 0.3) is 0 Å². The van der Waals surface area contributed by atoms with Crippen LogP contribution in [0.2, 0.25) is 0 Å². The maximum absolute atomic E-state index is 11.6. The largest absolute Gasteiger partial charge is 0.370 e. The van der Waals surface area contributed by atoms with E-state index in [1.54, 1.807) is 0 Å². The molecule has 1 atom stereocenters. The lowest BCUT2D eigenvalue weighted by atomic mass is 10.0. The van der Waals surface area contributed by atoms with Gasteiger partial charge in [0, 0.05) is 19.1 Å². The Labute approximate surface area is 152 Å². The zero-order valence-corrected chi connectivity index (χ0v) is 17.1. The monoisotopic (exact) mass is 446 g/mol. The molecule has 22 heavy (non-hydrogen) atoms. The molecule has 132 valence electrons. The van der Waals surface area contributed by atoms with Crippen molar-refractivity contribution in [3.63, 3.8) is 0 Å². The minimum atomic E-state index is -3.03. The van der Waals surface area contributed by atoms with Gasteiger partial charge in [-0.05, 0) is 25.7 Å². The fourth-order valence-corrected chi connectivity index (χ4v) is 3.95. The average molecular weight is 446 g/mol. The number of rotatable bonds is 8. The molecule has 6 nitrogen and oxygen atoms in total. The molecule has 1 rings (SSSR count). The van der Waals surface area contributed by atoms with E-state index < -0.39 is 10.0 Å². The van der Waals surface area contributed by atoms with Crippen LogP contribution in [0.4, 0.5) is 0 Å². The Bertz CT molecular complexity index is 440. The molecule has 1 unspecified atom stereocenters. The quantitative estimate of drug-likeness (QED) is 0.338. The van der Waals surface area contributed by atoms with Crippen molar-refractivity contribution in [2.75, 3.05) is 25.4 Å². The Morgan fingerprint density at radius 1 is 1.32 bits per heavy atom. The summed E-state index contributed by atoms with van der Waals surface area (Å²) in [5, 5.41) is 3.16. The summed E-state index contributed by atoms with van der Waals surface area (Å²) in [4.78, 5) is 4.21. The first-order valence-electron chi connectivity index (χ1n) is 7.85. The number of nitrogens with zero attached hydrogens (tertiary/aromatic N) is 2. The fraction of sp³-hybridized carbons (Fsp3) is 0.929. The smallest absolute Gasteiger partial charge is 0.214 e. The van der Waals surface area contributed by atoms with Crippen molar-refractivity contribution in [1.29, 1.82) is 0 Å². The van der Waals surface area contributed by atoms with Crippen LogP contribution in [-0.2, 0) is 10.0 Å². The van der Waals surface area contributed by atoms with Crippen LogP contribution in [0.3, 0.4) is 0 Å². The highest BCUT2D eigenvalue weighted by Crippen LogP contribution is 2.12. The van der Waals surface area contributed by atoms with Gasteiger partial charge in [-0.1, -0.05) is 26.7 Å². The number of aliphatic imine (C=N–C) groups is 1. The van der Waals surface area contributed by atoms with E-state index in [0.717, 1.165) is 12.3 Å². The van der Waals surface area contributed by atoms with Gasteiger partial charge in [0.1, 0.15) is 0 Å². The minimum absolute atomic E-state index is 0. The third kappa shape index (κ3) is 8.52. The molecule has 0 aromatic carbocycles. The van der Waals surface area contributed by atoms with E-state index in [9.17, 15) is 8.42 Å². The summed E-state index contributed by atoms with van der Waals surface area (Å²) in [5.41, 5.74) is 5.83. The van der Waals surface area contributed by atoms with E-state index in [-0.39, 0.29) is 29.7 Å². The van der Waals surface area contributed by atoms with Crippen molar-refractivity contribution >= 4 is 40.0 Å². The van der Waals surface area contributed by atoms with Crippen LogP contribution < -0.4 is 11.1 Å². The number of nitrogens with one attached hydrogen (secondary N) is 1. The molecule has 0 aliphatic carbocycles. The molecular formula is C14H31IN4O2S. The number of hydrogen-bond donors (Lipinski definition) is 2. The van der Waals surface area contributed by atoms with Gasteiger partial charge in [-0.2, -0.15) is 0 Å². The molecular weight excluding hydrogens is 415 g/mol. The van der Waals surface area contributed by atoms with Crippen molar-refractivity contribution < 1.29 is 8.42 Å². The SMILES string of the molecule is CC(C)CCCC(C)NC(N)=NCCN1CCCS1(=O)=O.I. The molecule has 0 saturated carbocycles. The molecule has 0 bridgehead atoms. The van der Waals surface area contributed by atoms with E-state index in [4.69, 9.17) is 5.73 Å². The number of nitrogens with two attached hydrogens (primary N) is 1. The Hall–Kier alpha value is -0.0900. The Morgan fingerprint density at radius 3 is 2.55 bits per heavy atom. The molecule has 3 N–H and O–H groups in total. The number of sulfonamides is 1. The summed E-state index contributed by atoms with van der Waals surface area (Å²) in [6, 6.07) is 0.294. The van der Waals surface area contributed by atoms with Crippen molar-refractivity contribution in [2.24, 2.45) is 16.6 Å². The van der Waals surface area contributed by atoms with Crippen molar-refractivity contribution in [1.82, 2.24) is 9.62 Å². The third-order valence-corrected chi connectivity index (χ3v) is 5.60. The van der Waals surface area contributed by atoms with Crippen LogP contribution >= 0.6 is 24.0 Å². The molecule has 0 amide bonds. The van der Waals surface area contributed by atoms with E-state index in [0.29, 0.717) is 38.1 Å².